The van der Waals surface area contributed by atoms with Gasteiger partial charge in [-0.3, -0.25) is 4.72 Å². The average Bonchev–Trinajstić information content (AvgIpc) is 2.52. The summed E-state index contributed by atoms with van der Waals surface area (Å²) >= 11 is 11.9. The van der Waals surface area contributed by atoms with Crippen molar-refractivity contribution >= 4 is 39.0 Å². The van der Waals surface area contributed by atoms with E-state index in [9.17, 15) is 8.42 Å². The molecule has 1 aromatic carbocycles. The summed E-state index contributed by atoms with van der Waals surface area (Å²) in [6.07, 6.45) is 5.13. The Morgan fingerprint density at radius 3 is 2.54 bits per heavy atom. The summed E-state index contributed by atoms with van der Waals surface area (Å²) < 4.78 is 28.0. The van der Waals surface area contributed by atoms with Crippen LogP contribution in [0, 0.1) is 6.92 Å². The molecule has 1 heterocycles. The molecule has 0 bridgehead atoms. The number of aryl methyl sites for hydroxylation is 2. The molecule has 7 heteroatoms. The smallest absolute Gasteiger partial charge is 0.263 e. The minimum absolute atomic E-state index is 0.200. The first-order valence-corrected chi connectivity index (χ1v) is 10.0. The Morgan fingerprint density at radius 2 is 1.92 bits per heavy atom. The minimum Gasteiger partial charge on any atom is -0.263 e. The number of unbranched alkanes of at least 4 members (excludes halogenated alkanes) is 2. The first-order valence-electron chi connectivity index (χ1n) is 7.77. The van der Waals surface area contributed by atoms with Gasteiger partial charge in [0.1, 0.15) is 5.82 Å². The number of anilines is 1. The number of hydrogen-bond acceptors (Lipinski definition) is 3. The molecule has 0 aliphatic rings. The molecule has 130 valence electrons. The summed E-state index contributed by atoms with van der Waals surface area (Å²) in [6.45, 7) is 3.98. The lowest BCUT2D eigenvalue weighted by molar-refractivity contribution is 0.599. The van der Waals surface area contributed by atoms with Crippen molar-refractivity contribution in [2.75, 3.05) is 4.72 Å². The van der Waals surface area contributed by atoms with Gasteiger partial charge in [-0.2, -0.15) is 0 Å². The third-order valence-corrected chi connectivity index (χ3v) is 5.71. The molecule has 0 fully saturated rings. The van der Waals surface area contributed by atoms with E-state index in [-0.39, 0.29) is 10.7 Å². The first kappa shape index (κ1) is 19.0. The Kier molecular flexibility index (Phi) is 6.49. The van der Waals surface area contributed by atoms with Crippen molar-refractivity contribution in [1.29, 1.82) is 0 Å². The van der Waals surface area contributed by atoms with Crippen LogP contribution in [0.2, 0.25) is 10.0 Å². The van der Waals surface area contributed by atoms with Gasteiger partial charge in [0.25, 0.3) is 10.0 Å². The number of nitrogens with zero attached hydrogens (tertiary/aromatic N) is 1. The lowest BCUT2D eigenvalue weighted by atomic mass is 10.0. The van der Waals surface area contributed by atoms with E-state index in [4.69, 9.17) is 23.2 Å². The lowest BCUT2D eigenvalue weighted by Crippen LogP contribution is -2.16. The van der Waals surface area contributed by atoms with Crippen LogP contribution in [0.1, 0.15) is 37.3 Å². The van der Waals surface area contributed by atoms with Crippen LogP contribution in [-0.2, 0) is 16.4 Å². The third-order valence-electron chi connectivity index (χ3n) is 3.65. The highest BCUT2D eigenvalue weighted by Crippen LogP contribution is 2.27. The van der Waals surface area contributed by atoms with E-state index in [0.717, 1.165) is 30.4 Å². The van der Waals surface area contributed by atoms with Gasteiger partial charge < -0.3 is 0 Å². The van der Waals surface area contributed by atoms with Crippen LogP contribution in [-0.4, -0.2) is 13.4 Å². The minimum atomic E-state index is -3.77. The Labute approximate surface area is 153 Å². The molecule has 24 heavy (non-hydrogen) atoms. The summed E-state index contributed by atoms with van der Waals surface area (Å²) in [5.74, 6) is 0.218. The molecule has 1 aromatic heterocycles. The van der Waals surface area contributed by atoms with Crippen molar-refractivity contribution in [1.82, 2.24) is 4.98 Å². The van der Waals surface area contributed by atoms with Crippen LogP contribution in [0.5, 0.6) is 0 Å². The molecule has 0 spiro atoms. The highest BCUT2D eigenvalue weighted by Gasteiger charge is 2.20. The van der Waals surface area contributed by atoms with E-state index in [2.05, 4.69) is 16.6 Å². The van der Waals surface area contributed by atoms with Gasteiger partial charge in [0.15, 0.2) is 0 Å². The number of aromatic nitrogens is 1. The number of hydrogen-bond donors (Lipinski definition) is 1. The van der Waals surface area contributed by atoms with Gasteiger partial charge in [-0.15, -0.1) is 0 Å². The Hall–Kier alpha value is -1.30. The van der Waals surface area contributed by atoms with Crippen LogP contribution < -0.4 is 4.72 Å². The van der Waals surface area contributed by atoms with Crippen LogP contribution in [0.15, 0.2) is 35.4 Å². The summed E-state index contributed by atoms with van der Waals surface area (Å²) in [5.41, 5.74) is 1.64. The van der Waals surface area contributed by atoms with Crippen molar-refractivity contribution in [3.8, 4) is 0 Å². The van der Waals surface area contributed by atoms with Crippen molar-refractivity contribution in [3.63, 3.8) is 0 Å². The van der Waals surface area contributed by atoms with E-state index < -0.39 is 10.0 Å². The van der Waals surface area contributed by atoms with Crippen molar-refractivity contribution in [2.24, 2.45) is 0 Å². The number of rotatable bonds is 7. The van der Waals surface area contributed by atoms with Gasteiger partial charge >= 0.3 is 0 Å². The second kappa shape index (κ2) is 8.19. The second-order valence-corrected chi connectivity index (χ2v) is 8.13. The quantitative estimate of drug-likeness (QED) is 0.662. The van der Waals surface area contributed by atoms with Gasteiger partial charge in [-0.1, -0.05) is 49.0 Å². The SMILES string of the molecule is CCCCCc1cc(C)c(Cl)cc1S(=O)(=O)Nc1ccc(Cl)cn1. The standard InChI is InChI=1S/C17H20Cl2N2O2S/c1-3-4-5-6-13-9-12(2)15(19)10-16(13)24(22,23)21-17-8-7-14(18)11-20-17/h7-11H,3-6H2,1-2H3,(H,20,21). The first-order chi connectivity index (χ1) is 11.3. The van der Waals surface area contributed by atoms with Crippen molar-refractivity contribution in [3.05, 3.63) is 51.6 Å². The predicted molar refractivity (Wildman–Crippen MR) is 99.5 cm³/mol. The maximum atomic E-state index is 12.8. The Morgan fingerprint density at radius 1 is 1.17 bits per heavy atom. The second-order valence-electron chi connectivity index (χ2n) is 5.63. The van der Waals surface area contributed by atoms with Gasteiger partial charge in [-0.25, -0.2) is 13.4 Å². The molecule has 1 N–H and O–H groups in total. The molecule has 0 aliphatic carbocycles. The lowest BCUT2D eigenvalue weighted by Gasteiger charge is -2.14. The predicted octanol–water partition coefficient (Wildman–Crippen LogP) is 5.23. The fourth-order valence-electron chi connectivity index (χ4n) is 2.36. The van der Waals surface area contributed by atoms with E-state index in [1.807, 2.05) is 13.0 Å². The molecule has 2 rings (SSSR count). The summed E-state index contributed by atoms with van der Waals surface area (Å²) in [6, 6.07) is 6.46. The number of sulfonamides is 1. The molecule has 0 amide bonds. The zero-order valence-electron chi connectivity index (χ0n) is 13.6. The Balaban J connectivity index is 2.36. The van der Waals surface area contributed by atoms with E-state index in [1.54, 1.807) is 6.07 Å². The number of nitrogens with one attached hydrogen (secondary N) is 1. The maximum Gasteiger partial charge on any atom is 0.263 e. The summed E-state index contributed by atoms with van der Waals surface area (Å²) in [5, 5.41) is 0.871. The van der Waals surface area contributed by atoms with Gasteiger partial charge in [0, 0.05) is 11.2 Å². The van der Waals surface area contributed by atoms with Crippen LogP contribution in [0.3, 0.4) is 0 Å². The number of halogens is 2. The average molecular weight is 387 g/mol. The zero-order valence-corrected chi connectivity index (χ0v) is 16.0. The van der Waals surface area contributed by atoms with E-state index in [1.165, 1.54) is 18.3 Å². The number of benzene rings is 1. The van der Waals surface area contributed by atoms with Crippen LogP contribution in [0.25, 0.3) is 0 Å². The molecule has 0 radical (unpaired) electrons. The molecule has 0 aliphatic heterocycles. The molecule has 2 aromatic rings. The fourth-order valence-corrected chi connectivity index (χ4v) is 3.99. The highest BCUT2D eigenvalue weighted by atomic mass is 35.5. The van der Waals surface area contributed by atoms with Gasteiger partial charge in [-0.05, 0) is 49.1 Å². The molecule has 0 atom stereocenters. The Bertz CT molecular complexity index is 806. The fraction of sp³-hybridized carbons (Fsp3) is 0.353. The highest BCUT2D eigenvalue weighted by molar-refractivity contribution is 7.92. The van der Waals surface area contributed by atoms with Crippen molar-refractivity contribution in [2.45, 2.75) is 44.4 Å². The summed E-state index contributed by atoms with van der Waals surface area (Å²) in [7, 11) is -3.77. The molecule has 4 nitrogen and oxygen atoms in total. The normalized spacial score (nSPS) is 11.5. The molecule has 0 unspecified atom stereocenters. The zero-order chi connectivity index (χ0) is 17.7. The van der Waals surface area contributed by atoms with Gasteiger partial charge in [0.05, 0.1) is 9.92 Å². The molecular formula is C17H20Cl2N2O2S. The molecule has 0 saturated carbocycles. The van der Waals surface area contributed by atoms with Gasteiger partial charge in [0.2, 0.25) is 0 Å². The van der Waals surface area contributed by atoms with Crippen LogP contribution in [0.4, 0.5) is 5.82 Å². The van der Waals surface area contributed by atoms with Crippen LogP contribution >= 0.6 is 23.2 Å². The van der Waals surface area contributed by atoms with Crippen molar-refractivity contribution < 1.29 is 8.42 Å². The van der Waals surface area contributed by atoms with E-state index >= 15 is 0 Å². The van der Waals surface area contributed by atoms with E-state index in [0.29, 0.717) is 16.5 Å². The molecular weight excluding hydrogens is 367 g/mol. The monoisotopic (exact) mass is 386 g/mol. The topological polar surface area (TPSA) is 59.1 Å². The largest absolute Gasteiger partial charge is 0.263 e. The number of pyridine rings is 1. The summed E-state index contributed by atoms with van der Waals surface area (Å²) in [4.78, 5) is 4.18. The molecule has 0 saturated heterocycles. The maximum absolute atomic E-state index is 12.8. The third kappa shape index (κ3) is 4.85.